The summed E-state index contributed by atoms with van der Waals surface area (Å²) in [5.74, 6) is 0.480. The van der Waals surface area contributed by atoms with E-state index in [0.717, 1.165) is 11.1 Å². The number of ether oxygens (including phenoxy) is 1. The van der Waals surface area contributed by atoms with Gasteiger partial charge in [0.15, 0.2) is 23.2 Å². The lowest BCUT2D eigenvalue weighted by Crippen LogP contribution is -2.37. The maximum Gasteiger partial charge on any atom is 0.264 e. The molecule has 0 radical (unpaired) electrons. The second-order valence-electron chi connectivity index (χ2n) is 7.54. The molecule has 6 nitrogen and oxygen atoms in total. The maximum absolute atomic E-state index is 12.2. The smallest absolute Gasteiger partial charge is 0.264 e. The Labute approximate surface area is 226 Å². The Kier molecular flexibility index (Phi) is 8.04. The van der Waals surface area contributed by atoms with Gasteiger partial charge in [0.2, 0.25) is 0 Å². The van der Waals surface area contributed by atoms with Crippen LogP contribution < -0.4 is 15.4 Å². The van der Waals surface area contributed by atoms with Gasteiger partial charge in [-0.15, -0.1) is 0 Å². The topological polar surface area (TPSA) is 76.4 Å². The number of amides is 1. The molecule has 0 aliphatic rings. The molecule has 0 saturated heterocycles. The Balaban J connectivity index is 1.30. The lowest BCUT2D eigenvalue weighted by atomic mass is 10.1. The first-order chi connectivity index (χ1) is 16.7. The first-order valence-electron chi connectivity index (χ1n) is 10.2. The van der Waals surface area contributed by atoms with Gasteiger partial charge in [-0.3, -0.25) is 10.1 Å². The van der Waals surface area contributed by atoms with Crippen molar-refractivity contribution >= 4 is 86.4 Å². The second kappa shape index (κ2) is 11.0. The molecule has 11 heteroatoms. The molecule has 0 unspecified atom stereocenters. The second-order valence-corrected chi connectivity index (χ2v) is 9.64. The average molecular weight is 569 g/mol. The molecular formula is C24H17Cl4N3O3S. The van der Waals surface area contributed by atoms with E-state index in [1.165, 1.54) is 0 Å². The third-order valence-corrected chi connectivity index (χ3v) is 6.02. The molecule has 4 rings (SSSR count). The number of nitrogens with zero attached hydrogens (tertiary/aromatic N) is 1. The van der Waals surface area contributed by atoms with Crippen LogP contribution in [0.15, 0.2) is 52.9 Å². The lowest BCUT2D eigenvalue weighted by Gasteiger charge is -2.13. The summed E-state index contributed by atoms with van der Waals surface area (Å²) in [6, 6.07) is 14.0. The summed E-state index contributed by atoms with van der Waals surface area (Å²) in [6.07, 6.45) is 0.466. The van der Waals surface area contributed by atoms with Crippen LogP contribution in [0.1, 0.15) is 17.0 Å². The summed E-state index contributed by atoms with van der Waals surface area (Å²) in [5, 5.41) is 7.39. The Bertz CT molecular complexity index is 1400. The standard InChI is InChI=1S/C24H17Cl4N3O3S/c1-12-6-14(25)8-17(27)22(12)33-11-20(32)31-24(35)29-16-4-2-13(3-5-16)7-21-30-19-10-15(26)9-18(28)23(19)34-21/h2-6,8-10H,7,11H2,1H3,(H2,29,31,32,35). The number of aryl methyl sites for hydroxylation is 1. The fourth-order valence-corrected chi connectivity index (χ4v) is 4.70. The molecule has 35 heavy (non-hydrogen) atoms. The van der Waals surface area contributed by atoms with E-state index in [2.05, 4.69) is 15.6 Å². The average Bonchev–Trinajstić information content (AvgIpc) is 3.17. The van der Waals surface area contributed by atoms with Crippen LogP contribution in [0.3, 0.4) is 0 Å². The molecular weight excluding hydrogens is 552 g/mol. The third-order valence-electron chi connectivity index (χ3n) is 4.82. The van der Waals surface area contributed by atoms with E-state index in [0.29, 0.717) is 54.9 Å². The quantitative estimate of drug-likeness (QED) is 0.239. The van der Waals surface area contributed by atoms with E-state index in [1.54, 1.807) is 31.2 Å². The largest absolute Gasteiger partial charge is 0.482 e. The highest BCUT2D eigenvalue weighted by Crippen LogP contribution is 2.32. The predicted molar refractivity (Wildman–Crippen MR) is 144 cm³/mol. The van der Waals surface area contributed by atoms with Crippen LogP contribution in [-0.2, 0) is 11.2 Å². The summed E-state index contributed by atoms with van der Waals surface area (Å²) in [4.78, 5) is 16.7. The number of thiocarbonyl (C=S) groups is 1. The fourth-order valence-electron chi connectivity index (χ4n) is 3.30. The molecule has 0 fully saturated rings. The molecule has 0 spiro atoms. The number of carbonyl (C=O) groups excluding carboxylic acids is 1. The van der Waals surface area contributed by atoms with Gasteiger partial charge in [-0.25, -0.2) is 4.98 Å². The Morgan fingerprint density at radius 3 is 2.43 bits per heavy atom. The van der Waals surface area contributed by atoms with Gasteiger partial charge in [0.1, 0.15) is 11.3 Å². The zero-order chi connectivity index (χ0) is 25.1. The minimum Gasteiger partial charge on any atom is -0.482 e. The summed E-state index contributed by atoms with van der Waals surface area (Å²) >= 11 is 29.5. The molecule has 1 amide bonds. The van der Waals surface area contributed by atoms with Crippen molar-refractivity contribution in [3.8, 4) is 5.75 Å². The van der Waals surface area contributed by atoms with Gasteiger partial charge in [0.25, 0.3) is 5.91 Å². The van der Waals surface area contributed by atoms with E-state index in [1.807, 2.05) is 24.3 Å². The van der Waals surface area contributed by atoms with Gasteiger partial charge in [-0.2, -0.15) is 0 Å². The van der Waals surface area contributed by atoms with E-state index in [4.69, 9.17) is 67.8 Å². The van der Waals surface area contributed by atoms with Crippen LogP contribution in [0, 0.1) is 6.92 Å². The molecule has 0 bridgehead atoms. The highest BCUT2D eigenvalue weighted by molar-refractivity contribution is 7.80. The monoisotopic (exact) mass is 567 g/mol. The van der Waals surface area contributed by atoms with Crippen molar-refractivity contribution in [1.29, 1.82) is 0 Å². The Morgan fingerprint density at radius 2 is 1.71 bits per heavy atom. The molecule has 180 valence electrons. The van der Waals surface area contributed by atoms with Crippen LogP contribution in [-0.4, -0.2) is 22.6 Å². The van der Waals surface area contributed by atoms with Crippen molar-refractivity contribution in [2.45, 2.75) is 13.3 Å². The van der Waals surface area contributed by atoms with Gasteiger partial charge < -0.3 is 14.5 Å². The molecule has 1 aromatic heterocycles. The zero-order valence-electron chi connectivity index (χ0n) is 18.1. The Morgan fingerprint density at radius 1 is 1.03 bits per heavy atom. The van der Waals surface area contributed by atoms with Crippen molar-refractivity contribution in [1.82, 2.24) is 10.3 Å². The molecule has 2 N–H and O–H groups in total. The summed E-state index contributed by atoms with van der Waals surface area (Å²) in [7, 11) is 0. The lowest BCUT2D eigenvalue weighted by molar-refractivity contribution is -0.121. The highest BCUT2D eigenvalue weighted by atomic mass is 35.5. The fraction of sp³-hybridized carbons (Fsp3) is 0.125. The van der Waals surface area contributed by atoms with Crippen molar-refractivity contribution < 1.29 is 13.9 Å². The normalized spacial score (nSPS) is 10.9. The minimum absolute atomic E-state index is 0.135. The summed E-state index contributed by atoms with van der Waals surface area (Å²) < 4.78 is 11.3. The van der Waals surface area contributed by atoms with Crippen LogP contribution in [0.2, 0.25) is 20.1 Å². The molecule has 0 atom stereocenters. The molecule has 0 saturated carbocycles. The van der Waals surface area contributed by atoms with E-state index in [-0.39, 0.29) is 11.7 Å². The van der Waals surface area contributed by atoms with Crippen LogP contribution in [0.5, 0.6) is 5.75 Å². The van der Waals surface area contributed by atoms with Crippen molar-refractivity contribution in [3.63, 3.8) is 0 Å². The molecule has 0 aliphatic carbocycles. The number of hydrogen-bond acceptors (Lipinski definition) is 5. The Hall–Kier alpha value is -2.55. The number of rotatable bonds is 6. The molecule has 1 heterocycles. The first kappa shape index (κ1) is 25.5. The molecule has 3 aromatic carbocycles. The van der Waals surface area contributed by atoms with Gasteiger partial charge in [-0.05, 0) is 66.7 Å². The van der Waals surface area contributed by atoms with E-state index >= 15 is 0 Å². The number of aromatic nitrogens is 1. The first-order valence-corrected chi connectivity index (χ1v) is 12.1. The number of nitrogens with one attached hydrogen (secondary N) is 2. The zero-order valence-corrected chi connectivity index (χ0v) is 22.0. The number of benzene rings is 3. The predicted octanol–water partition coefficient (Wildman–Crippen LogP) is 7.23. The van der Waals surface area contributed by atoms with Crippen LogP contribution in [0.25, 0.3) is 11.1 Å². The minimum atomic E-state index is -0.431. The van der Waals surface area contributed by atoms with Gasteiger partial charge >= 0.3 is 0 Å². The van der Waals surface area contributed by atoms with Crippen LogP contribution >= 0.6 is 58.6 Å². The van der Waals surface area contributed by atoms with E-state index < -0.39 is 5.91 Å². The number of anilines is 1. The van der Waals surface area contributed by atoms with Gasteiger partial charge in [0.05, 0.1) is 10.0 Å². The van der Waals surface area contributed by atoms with Crippen molar-refractivity contribution in [2.24, 2.45) is 0 Å². The van der Waals surface area contributed by atoms with Gasteiger partial charge in [0, 0.05) is 22.2 Å². The SMILES string of the molecule is Cc1cc(Cl)cc(Cl)c1OCC(=O)NC(=S)Nc1ccc(Cc2nc3cc(Cl)cc(Cl)c3o2)cc1. The number of hydrogen-bond donors (Lipinski definition) is 2. The highest BCUT2D eigenvalue weighted by Gasteiger charge is 2.13. The number of oxazole rings is 1. The van der Waals surface area contributed by atoms with Crippen molar-refractivity contribution in [2.75, 3.05) is 11.9 Å². The van der Waals surface area contributed by atoms with Gasteiger partial charge in [-0.1, -0.05) is 58.5 Å². The number of halogens is 4. The molecule has 0 aliphatic heterocycles. The summed E-state index contributed by atoms with van der Waals surface area (Å²) in [5.41, 5.74) is 3.49. The maximum atomic E-state index is 12.2. The third kappa shape index (κ3) is 6.57. The number of fused-ring (bicyclic) bond motifs is 1. The number of carbonyl (C=O) groups is 1. The van der Waals surface area contributed by atoms with Crippen molar-refractivity contribution in [3.05, 3.63) is 85.6 Å². The van der Waals surface area contributed by atoms with Crippen LogP contribution in [0.4, 0.5) is 5.69 Å². The molecule has 4 aromatic rings. The van der Waals surface area contributed by atoms with E-state index in [9.17, 15) is 4.79 Å². The summed E-state index contributed by atoms with van der Waals surface area (Å²) in [6.45, 7) is 1.53.